The highest BCUT2D eigenvalue weighted by Crippen LogP contribution is 2.15. The average molecular weight is 264 g/mol. The van der Waals surface area contributed by atoms with Crippen molar-refractivity contribution in [1.82, 2.24) is 5.32 Å². The number of rotatable bonds is 7. The molecule has 0 aliphatic rings. The third kappa shape index (κ3) is 5.42. The predicted molar refractivity (Wildman–Crippen MR) is 74.3 cm³/mol. The zero-order valence-electron chi connectivity index (χ0n) is 11.3. The van der Waals surface area contributed by atoms with E-state index in [0.29, 0.717) is 13.1 Å². The molecule has 1 aromatic carbocycles. The SMILES string of the molecule is CCNC(=O)CCN(CC(=O)O)c1ccc(C)cc1. The Kier molecular flexibility index (Phi) is 5.85. The summed E-state index contributed by atoms with van der Waals surface area (Å²) in [7, 11) is 0. The molecule has 19 heavy (non-hydrogen) atoms. The Bertz CT molecular complexity index is 429. The van der Waals surface area contributed by atoms with Crippen molar-refractivity contribution in [1.29, 1.82) is 0 Å². The van der Waals surface area contributed by atoms with Crippen LogP contribution < -0.4 is 10.2 Å². The maximum atomic E-state index is 11.4. The molecule has 0 aromatic heterocycles. The van der Waals surface area contributed by atoms with Crippen LogP contribution >= 0.6 is 0 Å². The third-order valence-corrected chi connectivity index (χ3v) is 2.71. The fourth-order valence-electron chi connectivity index (χ4n) is 1.74. The lowest BCUT2D eigenvalue weighted by atomic mass is 10.2. The number of carbonyl (C=O) groups excluding carboxylic acids is 1. The number of benzene rings is 1. The number of carboxylic acid groups (broad SMARTS) is 1. The molecule has 5 nitrogen and oxygen atoms in total. The normalized spacial score (nSPS) is 10.0. The molecular formula is C14H20N2O3. The van der Waals surface area contributed by atoms with Gasteiger partial charge in [-0.1, -0.05) is 17.7 Å². The number of nitrogens with zero attached hydrogens (tertiary/aromatic N) is 1. The van der Waals surface area contributed by atoms with Crippen LogP contribution in [-0.4, -0.2) is 36.6 Å². The van der Waals surface area contributed by atoms with Crippen molar-refractivity contribution < 1.29 is 14.7 Å². The smallest absolute Gasteiger partial charge is 0.323 e. The molecule has 0 atom stereocenters. The van der Waals surface area contributed by atoms with Crippen molar-refractivity contribution in [2.45, 2.75) is 20.3 Å². The van der Waals surface area contributed by atoms with Gasteiger partial charge >= 0.3 is 5.97 Å². The molecule has 1 amide bonds. The van der Waals surface area contributed by atoms with Gasteiger partial charge in [0, 0.05) is 25.2 Å². The second-order valence-electron chi connectivity index (χ2n) is 4.35. The molecule has 0 saturated carbocycles. The maximum absolute atomic E-state index is 11.4. The Labute approximate surface area is 113 Å². The van der Waals surface area contributed by atoms with Crippen LogP contribution in [0.3, 0.4) is 0 Å². The predicted octanol–water partition coefficient (Wildman–Crippen LogP) is 1.41. The Morgan fingerprint density at radius 1 is 1.26 bits per heavy atom. The van der Waals surface area contributed by atoms with Gasteiger partial charge in [-0.15, -0.1) is 0 Å². The number of carboxylic acids is 1. The van der Waals surface area contributed by atoms with Crippen molar-refractivity contribution in [2.75, 3.05) is 24.5 Å². The number of anilines is 1. The molecule has 2 N–H and O–H groups in total. The Morgan fingerprint density at radius 2 is 1.89 bits per heavy atom. The fraction of sp³-hybridized carbons (Fsp3) is 0.429. The van der Waals surface area contributed by atoms with E-state index in [1.165, 1.54) is 0 Å². The van der Waals surface area contributed by atoms with E-state index in [2.05, 4.69) is 5.32 Å². The first kappa shape index (κ1) is 15.0. The van der Waals surface area contributed by atoms with Crippen molar-refractivity contribution >= 4 is 17.6 Å². The van der Waals surface area contributed by atoms with Crippen LogP contribution in [-0.2, 0) is 9.59 Å². The second kappa shape index (κ2) is 7.41. The first-order valence-electron chi connectivity index (χ1n) is 6.33. The van der Waals surface area contributed by atoms with Crippen molar-refractivity contribution in [3.8, 4) is 0 Å². The molecule has 104 valence electrons. The van der Waals surface area contributed by atoms with Gasteiger partial charge < -0.3 is 15.3 Å². The first-order valence-corrected chi connectivity index (χ1v) is 6.33. The Hall–Kier alpha value is -2.04. The van der Waals surface area contributed by atoms with E-state index in [9.17, 15) is 9.59 Å². The lowest BCUT2D eigenvalue weighted by Gasteiger charge is -2.22. The van der Waals surface area contributed by atoms with E-state index in [4.69, 9.17) is 5.11 Å². The van der Waals surface area contributed by atoms with E-state index in [0.717, 1.165) is 11.3 Å². The zero-order valence-corrected chi connectivity index (χ0v) is 11.3. The molecular weight excluding hydrogens is 244 g/mol. The number of hydrogen-bond donors (Lipinski definition) is 2. The third-order valence-electron chi connectivity index (χ3n) is 2.71. The van der Waals surface area contributed by atoms with Gasteiger partial charge in [0.2, 0.25) is 5.91 Å². The molecule has 1 rings (SSSR count). The van der Waals surface area contributed by atoms with Gasteiger partial charge in [-0.2, -0.15) is 0 Å². The van der Waals surface area contributed by atoms with Crippen molar-refractivity contribution in [2.24, 2.45) is 0 Å². The molecule has 0 unspecified atom stereocenters. The Balaban J connectivity index is 2.69. The summed E-state index contributed by atoms with van der Waals surface area (Å²) < 4.78 is 0. The number of aliphatic carboxylic acids is 1. The molecule has 0 saturated heterocycles. The molecule has 0 bridgehead atoms. The maximum Gasteiger partial charge on any atom is 0.323 e. The summed E-state index contributed by atoms with van der Waals surface area (Å²) in [6.07, 6.45) is 0.287. The van der Waals surface area contributed by atoms with Gasteiger partial charge in [-0.25, -0.2) is 0 Å². The molecule has 0 spiro atoms. The number of amides is 1. The van der Waals surface area contributed by atoms with E-state index < -0.39 is 5.97 Å². The second-order valence-corrected chi connectivity index (χ2v) is 4.35. The summed E-state index contributed by atoms with van der Waals surface area (Å²) in [5.74, 6) is -0.971. The van der Waals surface area contributed by atoms with Crippen LogP contribution in [0.1, 0.15) is 18.9 Å². The van der Waals surface area contributed by atoms with E-state index >= 15 is 0 Å². The van der Waals surface area contributed by atoms with Gasteiger partial charge in [-0.05, 0) is 26.0 Å². The lowest BCUT2D eigenvalue weighted by Crippen LogP contribution is -2.34. The molecule has 5 heteroatoms. The molecule has 1 aromatic rings. The van der Waals surface area contributed by atoms with E-state index in [1.54, 1.807) is 4.90 Å². The first-order chi connectivity index (χ1) is 9.02. The molecule has 0 heterocycles. The number of aryl methyl sites for hydroxylation is 1. The monoisotopic (exact) mass is 264 g/mol. The topological polar surface area (TPSA) is 69.6 Å². The largest absolute Gasteiger partial charge is 0.480 e. The van der Waals surface area contributed by atoms with Crippen LogP contribution in [0, 0.1) is 6.92 Å². The van der Waals surface area contributed by atoms with Crippen molar-refractivity contribution in [3.63, 3.8) is 0 Å². The zero-order chi connectivity index (χ0) is 14.3. The number of nitrogens with one attached hydrogen (secondary N) is 1. The molecule has 0 aliphatic heterocycles. The van der Waals surface area contributed by atoms with Crippen LogP contribution in [0.5, 0.6) is 0 Å². The van der Waals surface area contributed by atoms with E-state index in [1.807, 2.05) is 38.1 Å². The van der Waals surface area contributed by atoms with Gasteiger partial charge in [0.25, 0.3) is 0 Å². The lowest BCUT2D eigenvalue weighted by molar-refractivity contribution is -0.135. The van der Waals surface area contributed by atoms with Crippen LogP contribution in [0.4, 0.5) is 5.69 Å². The summed E-state index contributed by atoms with van der Waals surface area (Å²) in [6.45, 7) is 4.69. The van der Waals surface area contributed by atoms with Crippen LogP contribution in [0.15, 0.2) is 24.3 Å². The van der Waals surface area contributed by atoms with Crippen LogP contribution in [0.2, 0.25) is 0 Å². The highest BCUT2D eigenvalue weighted by atomic mass is 16.4. The minimum absolute atomic E-state index is 0.0648. The quantitative estimate of drug-likeness (QED) is 0.781. The summed E-state index contributed by atoms with van der Waals surface area (Å²) in [6, 6.07) is 7.60. The van der Waals surface area contributed by atoms with Gasteiger partial charge in [0.1, 0.15) is 6.54 Å². The highest BCUT2D eigenvalue weighted by Gasteiger charge is 2.12. The summed E-state index contributed by atoms with van der Waals surface area (Å²) in [5, 5.41) is 11.6. The van der Waals surface area contributed by atoms with Crippen LogP contribution in [0.25, 0.3) is 0 Å². The molecule has 0 fully saturated rings. The number of carbonyl (C=O) groups is 2. The minimum atomic E-state index is -0.906. The highest BCUT2D eigenvalue weighted by molar-refractivity contribution is 5.77. The van der Waals surface area contributed by atoms with E-state index in [-0.39, 0.29) is 18.9 Å². The van der Waals surface area contributed by atoms with Gasteiger partial charge in [0.05, 0.1) is 0 Å². The van der Waals surface area contributed by atoms with Gasteiger partial charge in [-0.3, -0.25) is 9.59 Å². The average Bonchev–Trinajstić information content (AvgIpc) is 2.35. The fourth-order valence-corrected chi connectivity index (χ4v) is 1.74. The summed E-state index contributed by atoms with van der Waals surface area (Å²) in [5.41, 5.74) is 1.93. The van der Waals surface area contributed by atoms with Gasteiger partial charge in [0.15, 0.2) is 0 Å². The standard InChI is InChI=1S/C14H20N2O3/c1-3-15-13(17)8-9-16(10-14(18)19)12-6-4-11(2)5-7-12/h4-7H,3,8-10H2,1-2H3,(H,15,17)(H,18,19). The summed E-state index contributed by atoms with van der Waals surface area (Å²) in [4.78, 5) is 24.0. The number of hydrogen-bond acceptors (Lipinski definition) is 3. The minimum Gasteiger partial charge on any atom is -0.480 e. The van der Waals surface area contributed by atoms with Crippen molar-refractivity contribution in [3.05, 3.63) is 29.8 Å². The molecule has 0 aliphatic carbocycles. The molecule has 0 radical (unpaired) electrons. The summed E-state index contributed by atoms with van der Waals surface area (Å²) >= 11 is 0. The Morgan fingerprint density at radius 3 is 2.42 bits per heavy atom.